The number of cyclic esters (lactones) is 1. The Morgan fingerprint density at radius 2 is 2.67 bits per heavy atom. The Labute approximate surface area is 69.2 Å². The molecule has 0 aromatic heterocycles. The van der Waals surface area contributed by atoms with Gasteiger partial charge in [0.1, 0.15) is 6.10 Å². The van der Waals surface area contributed by atoms with E-state index in [-0.39, 0.29) is 18.4 Å². The zero-order chi connectivity index (χ0) is 8.97. The highest BCUT2D eigenvalue weighted by Crippen LogP contribution is 2.03. The van der Waals surface area contributed by atoms with Crippen LogP contribution < -0.4 is 10.8 Å². The molecule has 0 saturated carbocycles. The molecule has 0 spiro atoms. The Kier molecular flexibility index (Phi) is 2.87. The number of ether oxygens (including phenoxy) is 1. The second-order valence-corrected chi connectivity index (χ2v) is 2.34. The molecule has 0 bridgehead atoms. The summed E-state index contributed by atoms with van der Waals surface area (Å²) in [6.07, 6.45) is -0.745. The average molecular weight is 174 g/mol. The van der Waals surface area contributed by atoms with Crippen LogP contribution in [0.1, 0.15) is 6.42 Å². The summed E-state index contributed by atoms with van der Waals surface area (Å²) in [5.74, 6) is -0.306. The normalized spacial score (nSPS) is 21.4. The molecule has 1 saturated heterocycles. The Balaban J connectivity index is 2.23. The molecule has 6 heteroatoms. The maximum Gasteiger partial charge on any atom is 0.407 e. The lowest BCUT2D eigenvalue weighted by Gasteiger charge is -2.05. The van der Waals surface area contributed by atoms with Gasteiger partial charge >= 0.3 is 6.09 Å². The first-order valence-corrected chi connectivity index (χ1v) is 3.48. The lowest BCUT2D eigenvalue weighted by Crippen LogP contribution is -2.28. The predicted molar refractivity (Wildman–Crippen MR) is 38.0 cm³/mol. The van der Waals surface area contributed by atoms with Crippen LogP contribution in [0.25, 0.3) is 0 Å². The highest BCUT2D eigenvalue weighted by molar-refractivity contribution is 5.77. The van der Waals surface area contributed by atoms with E-state index in [4.69, 9.17) is 4.74 Å². The monoisotopic (exact) mass is 174 g/mol. The van der Waals surface area contributed by atoms with E-state index >= 15 is 0 Å². The van der Waals surface area contributed by atoms with Crippen LogP contribution in [0, 0.1) is 0 Å². The minimum absolute atomic E-state index is 0.118. The summed E-state index contributed by atoms with van der Waals surface area (Å²) in [6.45, 7) is 0.371. The molecule has 1 fully saturated rings. The third-order valence-corrected chi connectivity index (χ3v) is 1.38. The minimum atomic E-state index is -0.481. The van der Waals surface area contributed by atoms with Gasteiger partial charge in [0.2, 0.25) is 5.91 Å². The minimum Gasteiger partial charge on any atom is -0.444 e. The number of nitrogens with one attached hydrogen (secondary N) is 2. The van der Waals surface area contributed by atoms with E-state index in [0.29, 0.717) is 6.54 Å². The Hall–Kier alpha value is -1.30. The fraction of sp³-hybridized carbons (Fsp3) is 0.667. The van der Waals surface area contributed by atoms with Gasteiger partial charge in [0.05, 0.1) is 20.1 Å². The third-order valence-electron chi connectivity index (χ3n) is 1.38. The molecule has 1 rings (SSSR count). The van der Waals surface area contributed by atoms with Crippen LogP contribution >= 0.6 is 0 Å². The van der Waals surface area contributed by atoms with E-state index in [1.54, 1.807) is 0 Å². The first-order valence-electron chi connectivity index (χ1n) is 3.48. The second kappa shape index (κ2) is 3.91. The van der Waals surface area contributed by atoms with Crippen molar-refractivity contribution in [2.45, 2.75) is 12.5 Å². The first kappa shape index (κ1) is 8.79. The van der Waals surface area contributed by atoms with Crippen molar-refractivity contribution in [2.24, 2.45) is 0 Å². The van der Waals surface area contributed by atoms with E-state index in [0.717, 1.165) is 0 Å². The Morgan fingerprint density at radius 3 is 3.17 bits per heavy atom. The van der Waals surface area contributed by atoms with Crippen LogP contribution in [0.15, 0.2) is 0 Å². The van der Waals surface area contributed by atoms with E-state index in [9.17, 15) is 9.59 Å². The molecule has 1 aliphatic rings. The van der Waals surface area contributed by atoms with Crippen molar-refractivity contribution in [1.82, 2.24) is 10.8 Å². The van der Waals surface area contributed by atoms with Crippen molar-refractivity contribution in [1.29, 1.82) is 0 Å². The zero-order valence-electron chi connectivity index (χ0n) is 6.62. The van der Waals surface area contributed by atoms with Gasteiger partial charge in [-0.15, -0.1) is 0 Å². The lowest BCUT2D eigenvalue weighted by atomic mass is 10.2. The van der Waals surface area contributed by atoms with Crippen molar-refractivity contribution in [3.8, 4) is 0 Å². The summed E-state index contributed by atoms with van der Waals surface area (Å²) in [7, 11) is 1.34. The Bertz CT molecular complexity index is 194. The molecule has 6 nitrogen and oxygen atoms in total. The van der Waals surface area contributed by atoms with E-state index in [1.807, 2.05) is 0 Å². The van der Waals surface area contributed by atoms with Gasteiger partial charge in [-0.25, -0.2) is 10.3 Å². The highest BCUT2D eigenvalue weighted by Gasteiger charge is 2.24. The summed E-state index contributed by atoms with van der Waals surface area (Å²) < 4.78 is 4.71. The fourth-order valence-corrected chi connectivity index (χ4v) is 0.908. The number of amides is 2. The molecule has 1 aliphatic heterocycles. The zero-order valence-corrected chi connectivity index (χ0v) is 6.62. The molecule has 1 atom stereocenters. The summed E-state index contributed by atoms with van der Waals surface area (Å²) in [5, 5.41) is 2.44. The van der Waals surface area contributed by atoms with Crippen molar-refractivity contribution < 1.29 is 19.2 Å². The van der Waals surface area contributed by atoms with E-state index in [2.05, 4.69) is 15.6 Å². The number of hydroxylamine groups is 1. The quantitative estimate of drug-likeness (QED) is 0.547. The first-order chi connectivity index (χ1) is 5.72. The molecule has 1 heterocycles. The van der Waals surface area contributed by atoms with Crippen LogP contribution in [0.3, 0.4) is 0 Å². The van der Waals surface area contributed by atoms with Crippen molar-refractivity contribution >= 4 is 12.0 Å². The van der Waals surface area contributed by atoms with Crippen molar-refractivity contribution in [3.05, 3.63) is 0 Å². The van der Waals surface area contributed by atoms with E-state index in [1.165, 1.54) is 7.11 Å². The van der Waals surface area contributed by atoms with Crippen LogP contribution in [0.2, 0.25) is 0 Å². The molecule has 0 aromatic rings. The summed E-state index contributed by atoms with van der Waals surface area (Å²) in [5.41, 5.74) is 2.13. The third kappa shape index (κ3) is 2.39. The summed E-state index contributed by atoms with van der Waals surface area (Å²) in [6, 6.07) is 0. The van der Waals surface area contributed by atoms with Gasteiger partial charge in [-0.3, -0.25) is 9.63 Å². The van der Waals surface area contributed by atoms with Crippen molar-refractivity contribution in [3.63, 3.8) is 0 Å². The topological polar surface area (TPSA) is 76.7 Å². The number of carbonyl (C=O) groups excluding carboxylic acids is 2. The van der Waals surface area contributed by atoms with Crippen molar-refractivity contribution in [2.75, 3.05) is 13.7 Å². The number of hydrogen-bond donors (Lipinski definition) is 2. The van der Waals surface area contributed by atoms with Gasteiger partial charge in [-0.2, -0.15) is 0 Å². The van der Waals surface area contributed by atoms with Crippen LogP contribution in [-0.4, -0.2) is 31.8 Å². The van der Waals surface area contributed by atoms with Gasteiger partial charge < -0.3 is 10.1 Å². The molecule has 0 aromatic carbocycles. The van der Waals surface area contributed by atoms with E-state index < -0.39 is 6.09 Å². The van der Waals surface area contributed by atoms with Gasteiger partial charge in [-0.05, 0) is 0 Å². The highest BCUT2D eigenvalue weighted by atomic mass is 16.6. The molecular weight excluding hydrogens is 164 g/mol. The van der Waals surface area contributed by atoms with Gasteiger partial charge in [-0.1, -0.05) is 0 Å². The molecule has 0 radical (unpaired) electrons. The lowest BCUT2D eigenvalue weighted by molar-refractivity contribution is -0.132. The maximum absolute atomic E-state index is 10.9. The SMILES string of the molecule is CONC(=O)CC1CNC(=O)O1. The van der Waals surface area contributed by atoms with Crippen LogP contribution in [-0.2, 0) is 14.4 Å². The molecule has 12 heavy (non-hydrogen) atoms. The number of carbonyl (C=O) groups is 2. The Morgan fingerprint density at radius 1 is 1.92 bits per heavy atom. The molecular formula is C6H10N2O4. The molecule has 1 unspecified atom stereocenters. The largest absolute Gasteiger partial charge is 0.444 e. The molecule has 2 N–H and O–H groups in total. The molecule has 0 aliphatic carbocycles. The van der Waals surface area contributed by atoms with Gasteiger partial charge in [0, 0.05) is 0 Å². The van der Waals surface area contributed by atoms with Crippen LogP contribution in [0.5, 0.6) is 0 Å². The predicted octanol–water partition coefficient (Wildman–Crippen LogP) is -0.837. The second-order valence-electron chi connectivity index (χ2n) is 2.34. The smallest absolute Gasteiger partial charge is 0.407 e. The maximum atomic E-state index is 10.9. The fourth-order valence-electron chi connectivity index (χ4n) is 0.908. The summed E-state index contributed by atoms with van der Waals surface area (Å²) in [4.78, 5) is 25.7. The number of rotatable bonds is 3. The molecule has 68 valence electrons. The standard InChI is InChI=1S/C6H10N2O4/c1-11-8-5(9)2-4-3-7-6(10)12-4/h4H,2-3H2,1H3,(H,7,10)(H,8,9). The van der Waals surface area contributed by atoms with Gasteiger partial charge in [0.15, 0.2) is 0 Å². The number of alkyl carbamates (subject to hydrolysis) is 1. The number of hydrogen-bond acceptors (Lipinski definition) is 4. The molecule has 2 amide bonds. The van der Waals surface area contributed by atoms with Gasteiger partial charge in [0.25, 0.3) is 0 Å². The van der Waals surface area contributed by atoms with Crippen LogP contribution in [0.4, 0.5) is 4.79 Å². The summed E-state index contributed by atoms with van der Waals surface area (Å²) >= 11 is 0. The average Bonchev–Trinajstić information content (AvgIpc) is 2.36.